The molecule has 3 aliphatic rings. The fourth-order valence-corrected chi connectivity index (χ4v) is 4.79. The Morgan fingerprint density at radius 1 is 1.18 bits per heavy atom. The molecule has 2 atom stereocenters. The number of piperidine rings is 1. The zero-order chi connectivity index (χ0) is 24.9. The summed E-state index contributed by atoms with van der Waals surface area (Å²) in [4.78, 5) is 18.1. The Hall–Kier alpha value is -2.56. The molecule has 0 aliphatic carbocycles. The monoisotopic (exact) mass is 490 g/mol. The van der Waals surface area contributed by atoms with Gasteiger partial charge in [-0.2, -0.15) is 31.3 Å². The second-order valence-corrected chi connectivity index (χ2v) is 9.15. The average Bonchev–Trinajstić information content (AvgIpc) is 3.26. The minimum absolute atomic E-state index is 0.254. The SMILES string of the molecule is C=C(CC1(CC(C)C(F)(F)F)OC(N2CCC3(CC2)OCc2ccccc23)=NC1=O)C(F)(F)F. The molecular formula is C23H24F6N2O3. The second-order valence-electron chi connectivity index (χ2n) is 9.15. The number of nitrogens with zero attached hydrogens (tertiary/aromatic N) is 2. The van der Waals surface area contributed by atoms with Gasteiger partial charge in [0.15, 0.2) is 5.60 Å². The van der Waals surface area contributed by atoms with Crippen molar-refractivity contribution in [1.82, 2.24) is 4.90 Å². The highest BCUT2D eigenvalue weighted by Gasteiger charge is 2.55. The van der Waals surface area contributed by atoms with Crippen molar-refractivity contribution in [3.05, 3.63) is 47.5 Å². The van der Waals surface area contributed by atoms with Crippen molar-refractivity contribution in [2.24, 2.45) is 10.9 Å². The van der Waals surface area contributed by atoms with Gasteiger partial charge in [-0.05, 0) is 24.0 Å². The highest BCUT2D eigenvalue weighted by atomic mass is 19.4. The molecule has 186 valence electrons. The molecule has 0 saturated carbocycles. The predicted octanol–water partition coefficient (Wildman–Crippen LogP) is 5.26. The maximum atomic E-state index is 13.2. The van der Waals surface area contributed by atoms with Crippen LogP contribution in [0.15, 0.2) is 41.4 Å². The molecule has 11 heteroatoms. The van der Waals surface area contributed by atoms with E-state index in [1.165, 1.54) is 0 Å². The first-order chi connectivity index (χ1) is 15.8. The topological polar surface area (TPSA) is 51.1 Å². The molecular weight excluding hydrogens is 466 g/mol. The van der Waals surface area contributed by atoms with Gasteiger partial charge in [0, 0.05) is 31.5 Å². The Balaban J connectivity index is 1.52. The van der Waals surface area contributed by atoms with Gasteiger partial charge in [0.2, 0.25) is 0 Å². The first-order valence-electron chi connectivity index (χ1n) is 10.9. The highest BCUT2D eigenvalue weighted by molar-refractivity contribution is 6.01. The second kappa shape index (κ2) is 8.28. The van der Waals surface area contributed by atoms with E-state index in [1.54, 1.807) is 4.90 Å². The Labute approximate surface area is 192 Å². The van der Waals surface area contributed by atoms with Gasteiger partial charge in [0.05, 0.1) is 18.1 Å². The number of amides is 1. The van der Waals surface area contributed by atoms with Gasteiger partial charge in [-0.1, -0.05) is 37.8 Å². The van der Waals surface area contributed by atoms with Crippen molar-refractivity contribution in [1.29, 1.82) is 0 Å². The van der Waals surface area contributed by atoms with Gasteiger partial charge in [0.25, 0.3) is 11.9 Å². The summed E-state index contributed by atoms with van der Waals surface area (Å²) in [5.74, 6) is -3.24. The summed E-state index contributed by atoms with van der Waals surface area (Å²) < 4.78 is 90.9. The van der Waals surface area contributed by atoms with Crippen molar-refractivity contribution in [2.75, 3.05) is 13.1 Å². The van der Waals surface area contributed by atoms with Crippen molar-refractivity contribution >= 4 is 11.9 Å². The van der Waals surface area contributed by atoms with E-state index >= 15 is 0 Å². The van der Waals surface area contributed by atoms with Crippen molar-refractivity contribution in [3.63, 3.8) is 0 Å². The van der Waals surface area contributed by atoms with Gasteiger partial charge in [-0.3, -0.25) is 4.79 Å². The van der Waals surface area contributed by atoms with Gasteiger partial charge < -0.3 is 14.4 Å². The number of rotatable bonds is 4. The number of halogens is 6. The lowest BCUT2D eigenvalue weighted by molar-refractivity contribution is -0.184. The van der Waals surface area contributed by atoms with Crippen molar-refractivity contribution < 1.29 is 40.6 Å². The molecule has 1 aromatic rings. The number of hydrogen-bond acceptors (Lipinski definition) is 4. The lowest BCUT2D eigenvalue weighted by atomic mass is 9.84. The van der Waals surface area contributed by atoms with Crippen LogP contribution in [-0.4, -0.2) is 47.9 Å². The first-order valence-corrected chi connectivity index (χ1v) is 10.9. The third kappa shape index (κ3) is 4.42. The molecule has 0 bridgehead atoms. The summed E-state index contributed by atoms with van der Waals surface area (Å²) in [5.41, 5.74) is -2.15. The average molecular weight is 490 g/mol. The van der Waals surface area contributed by atoms with E-state index in [0.717, 1.165) is 18.1 Å². The number of ether oxygens (including phenoxy) is 2. The van der Waals surface area contributed by atoms with Crippen LogP contribution >= 0.6 is 0 Å². The minimum atomic E-state index is -4.88. The lowest BCUT2D eigenvalue weighted by Gasteiger charge is -2.40. The summed E-state index contributed by atoms with van der Waals surface area (Å²) in [6, 6.07) is 7.53. The van der Waals surface area contributed by atoms with E-state index in [0.29, 0.717) is 32.5 Å². The molecule has 0 N–H and O–H groups in total. The number of benzene rings is 1. The smallest absolute Gasteiger partial charge is 0.412 e. The summed E-state index contributed by atoms with van der Waals surface area (Å²) in [7, 11) is 0. The Kier molecular flexibility index (Phi) is 5.98. The number of alkyl halides is 6. The fraction of sp³-hybridized carbons (Fsp3) is 0.565. The van der Waals surface area contributed by atoms with Crippen LogP contribution in [0.2, 0.25) is 0 Å². The molecule has 1 amide bonds. The van der Waals surface area contributed by atoms with Gasteiger partial charge in [-0.15, -0.1) is 0 Å². The van der Waals surface area contributed by atoms with E-state index in [2.05, 4.69) is 11.6 Å². The van der Waals surface area contributed by atoms with Crippen molar-refractivity contribution in [2.45, 2.75) is 62.8 Å². The molecule has 0 aromatic heterocycles. The van der Waals surface area contributed by atoms with Gasteiger partial charge in [-0.25, -0.2) is 0 Å². The molecule has 1 fully saturated rings. The molecule has 4 rings (SSSR count). The van der Waals surface area contributed by atoms with Gasteiger partial charge in [0.1, 0.15) is 0 Å². The molecule has 3 heterocycles. The number of hydrogen-bond donors (Lipinski definition) is 0. The van der Waals surface area contributed by atoms with Crippen LogP contribution in [0, 0.1) is 5.92 Å². The summed E-state index contributed by atoms with van der Waals surface area (Å²) in [5, 5.41) is 0. The molecule has 1 aromatic carbocycles. The van der Waals surface area contributed by atoms with Crippen LogP contribution in [0.3, 0.4) is 0 Å². The van der Waals surface area contributed by atoms with E-state index < -0.39 is 53.8 Å². The molecule has 34 heavy (non-hydrogen) atoms. The molecule has 0 radical (unpaired) electrons. The summed E-state index contributed by atoms with van der Waals surface area (Å²) in [6.07, 6.45) is -10.7. The Bertz CT molecular complexity index is 1010. The Morgan fingerprint density at radius 3 is 2.44 bits per heavy atom. The predicted molar refractivity (Wildman–Crippen MR) is 110 cm³/mol. The van der Waals surface area contributed by atoms with Crippen LogP contribution in [0.4, 0.5) is 26.3 Å². The number of aliphatic imine (C=N–C) groups is 1. The standard InChI is InChI=1S/C23H24F6N2O3/c1-14(22(24,25)26)11-21(12-15(2)23(27,28)29)18(32)30-19(34-21)31-9-7-20(8-10-31)17-6-4-3-5-16(17)13-33-20/h3-6,15H,1,7-13H2,2H3. The maximum absolute atomic E-state index is 13.2. The third-order valence-corrected chi connectivity index (χ3v) is 6.82. The number of fused-ring (bicyclic) bond motifs is 2. The number of carbonyl (C=O) groups excluding carboxylic acids is 1. The van der Waals surface area contributed by atoms with Crippen LogP contribution < -0.4 is 0 Å². The van der Waals surface area contributed by atoms with Crippen LogP contribution in [0.5, 0.6) is 0 Å². The zero-order valence-corrected chi connectivity index (χ0v) is 18.4. The van der Waals surface area contributed by atoms with Crippen LogP contribution in [0.1, 0.15) is 43.7 Å². The van der Waals surface area contributed by atoms with E-state index in [9.17, 15) is 31.1 Å². The third-order valence-electron chi connectivity index (χ3n) is 6.82. The molecule has 1 saturated heterocycles. The molecule has 3 aliphatic heterocycles. The number of likely N-dealkylation sites (tertiary alicyclic amines) is 1. The van der Waals surface area contributed by atoms with Gasteiger partial charge >= 0.3 is 12.4 Å². The molecule has 2 unspecified atom stereocenters. The maximum Gasteiger partial charge on any atom is 0.412 e. The number of carbonyl (C=O) groups is 1. The van der Waals surface area contributed by atoms with Crippen LogP contribution in [-0.2, 0) is 26.5 Å². The lowest BCUT2D eigenvalue weighted by Crippen LogP contribution is -2.48. The summed E-state index contributed by atoms with van der Waals surface area (Å²) >= 11 is 0. The molecule has 5 nitrogen and oxygen atoms in total. The van der Waals surface area contributed by atoms with E-state index in [4.69, 9.17) is 9.47 Å². The van der Waals surface area contributed by atoms with E-state index in [-0.39, 0.29) is 6.02 Å². The Morgan fingerprint density at radius 2 is 1.82 bits per heavy atom. The fourth-order valence-electron chi connectivity index (χ4n) is 4.79. The first kappa shape index (κ1) is 24.6. The van der Waals surface area contributed by atoms with Crippen molar-refractivity contribution in [3.8, 4) is 0 Å². The van der Waals surface area contributed by atoms with E-state index in [1.807, 2.05) is 24.3 Å². The summed E-state index contributed by atoms with van der Waals surface area (Å²) in [6.45, 7) is 4.81. The largest absolute Gasteiger partial charge is 0.448 e. The zero-order valence-electron chi connectivity index (χ0n) is 18.4. The normalized spacial score (nSPS) is 25.2. The quantitative estimate of drug-likeness (QED) is 0.427. The molecule has 1 spiro atoms. The number of amidine groups is 1. The van der Waals surface area contributed by atoms with Crippen LogP contribution in [0.25, 0.3) is 0 Å². The minimum Gasteiger partial charge on any atom is -0.448 e. The highest BCUT2D eigenvalue weighted by Crippen LogP contribution is 2.46.